The Bertz CT molecular complexity index is 777. The van der Waals surface area contributed by atoms with Crippen molar-refractivity contribution in [1.29, 1.82) is 0 Å². The number of aromatic amines is 1. The first-order valence-corrected chi connectivity index (χ1v) is 7.05. The van der Waals surface area contributed by atoms with Crippen molar-refractivity contribution in [2.75, 3.05) is 0 Å². The third-order valence-corrected chi connectivity index (χ3v) is 3.96. The van der Waals surface area contributed by atoms with Crippen LogP contribution in [-0.2, 0) is 0 Å². The van der Waals surface area contributed by atoms with Crippen molar-refractivity contribution in [2.45, 2.75) is 26.8 Å². The van der Waals surface area contributed by atoms with Crippen LogP contribution >= 0.6 is 11.6 Å². The van der Waals surface area contributed by atoms with Gasteiger partial charge in [-0.05, 0) is 18.9 Å². The summed E-state index contributed by atoms with van der Waals surface area (Å²) in [7, 11) is 0. The standard InChI is InChI=1S/C15H17ClN2O3/c1-8(2)9(3)18-14(20)12(13(19)17-15(18)21)10-6-4-5-7-11(10)16/h4-9,20H,1-3H3,(H,17,19,21). The van der Waals surface area contributed by atoms with Crippen LogP contribution in [0.3, 0.4) is 0 Å². The van der Waals surface area contributed by atoms with E-state index in [0.717, 1.165) is 0 Å². The zero-order valence-electron chi connectivity index (χ0n) is 12.1. The molecule has 1 aromatic carbocycles. The van der Waals surface area contributed by atoms with Crippen molar-refractivity contribution in [3.63, 3.8) is 0 Å². The monoisotopic (exact) mass is 308 g/mol. The number of rotatable bonds is 3. The van der Waals surface area contributed by atoms with Gasteiger partial charge in [-0.15, -0.1) is 0 Å². The van der Waals surface area contributed by atoms with Crippen LogP contribution in [-0.4, -0.2) is 14.7 Å². The van der Waals surface area contributed by atoms with E-state index >= 15 is 0 Å². The van der Waals surface area contributed by atoms with E-state index in [1.165, 1.54) is 4.57 Å². The second-order valence-corrected chi connectivity index (χ2v) is 5.70. The number of hydrogen-bond acceptors (Lipinski definition) is 3. The molecule has 2 N–H and O–H groups in total. The minimum absolute atomic E-state index is 0.00713. The van der Waals surface area contributed by atoms with Gasteiger partial charge in [0.25, 0.3) is 5.56 Å². The lowest BCUT2D eigenvalue weighted by atomic mass is 10.0. The van der Waals surface area contributed by atoms with Crippen molar-refractivity contribution < 1.29 is 5.11 Å². The Hall–Kier alpha value is -2.01. The summed E-state index contributed by atoms with van der Waals surface area (Å²) >= 11 is 6.09. The number of hydrogen-bond donors (Lipinski definition) is 2. The third-order valence-electron chi connectivity index (χ3n) is 3.63. The first-order valence-electron chi connectivity index (χ1n) is 6.67. The average molecular weight is 309 g/mol. The van der Waals surface area contributed by atoms with Crippen LogP contribution in [0.1, 0.15) is 26.8 Å². The van der Waals surface area contributed by atoms with Gasteiger partial charge >= 0.3 is 5.69 Å². The predicted molar refractivity (Wildman–Crippen MR) is 83.0 cm³/mol. The lowest BCUT2D eigenvalue weighted by Crippen LogP contribution is -2.34. The van der Waals surface area contributed by atoms with Gasteiger partial charge in [-0.25, -0.2) is 4.79 Å². The van der Waals surface area contributed by atoms with E-state index in [-0.39, 0.29) is 23.4 Å². The zero-order chi connectivity index (χ0) is 15.7. The molecule has 0 saturated heterocycles. The Kier molecular flexibility index (Phi) is 4.23. The molecule has 0 radical (unpaired) electrons. The first kappa shape index (κ1) is 15.4. The van der Waals surface area contributed by atoms with Gasteiger partial charge in [-0.1, -0.05) is 43.6 Å². The van der Waals surface area contributed by atoms with Crippen molar-refractivity contribution in [1.82, 2.24) is 9.55 Å². The summed E-state index contributed by atoms with van der Waals surface area (Å²) < 4.78 is 1.19. The summed E-state index contributed by atoms with van der Waals surface area (Å²) in [6.07, 6.45) is 0. The number of aromatic hydroxyl groups is 1. The van der Waals surface area contributed by atoms with Crippen LogP contribution in [0.4, 0.5) is 0 Å². The normalized spacial score (nSPS) is 12.6. The maximum Gasteiger partial charge on any atom is 0.331 e. The molecule has 0 fully saturated rings. The fraction of sp³-hybridized carbons (Fsp3) is 0.333. The number of benzene rings is 1. The second-order valence-electron chi connectivity index (χ2n) is 5.29. The third kappa shape index (κ3) is 2.74. The number of aromatic nitrogens is 2. The molecule has 1 aromatic heterocycles. The summed E-state index contributed by atoms with van der Waals surface area (Å²) in [6.45, 7) is 5.66. The summed E-state index contributed by atoms with van der Waals surface area (Å²) in [5.74, 6) is -0.253. The van der Waals surface area contributed by atoms with Crippen molar-refractivity contribution in [3.8, 4) is 17.0 Å². The molecule has 0 amide bonds. The topological polar surface area (TPSA) is 75.1 Å². The smallest absolute Gasteiger partial charge is 0.331 e. The summed E-state index contributed by atoms with van der Waals surface area (Å²) in [6, 6.07) is 6.42. The molecule has 112 valence electrons. The largest absolute Gasteiger partial charge is 0.494 e. The van der Waals surface area contributed by atoms with E-state index in [9.17, 15) is 14.7 Å². The summed E-state index contributed by atoms with van der Waals surface area (Å²) in [4.78, 5) is 26.3. The zero-order valence-corrected chi connectivity index (χ0v) is 12.8. The number of H-pyrrole nitrogens is 1. The van der Waals surface area contributed by atoms with Crippen molar-refractivity contribution in [3.05, 3.63) is 50.1 Å². The van der Waals surface area contributed by atoms with Crippen LogP contribution in [0.2, 0.25) is 5.02 Å². The fourth-order valence-electron chi connectivity index (χ4n) is 2.12. The lowest BCUT2D eigenvalue weighted by molar-refractivity contribution is 0.326. The Labute approximate surface area is 126 Å². The van der Waals surface area contributed by atoms with Gasteiger partial charge in [-0.2, -0.15) is 0 Å². The Morgan fingerprint density at radius 1 is 1.19 bits per heavy atom. The molecule has 0 aliphatic heterocycles. The van der Waals surface area contributed by atoms with E-state index in [0.29, 0.717) is 10.6 Å². The molecule has 21 heavy (non-hydrogen) atoms. The highest BCUT2D eigenvalue weighted by Crippen LogP contribution is 2.32. The molecule has 2 rings (SSSR count). The summed E-state index contributed by atoms with van der Waals surface area (Å²) in [5.41, 5.74) is -0.886. The van der Waals surface area contributed by atoms with Gasteiger partial charge in [0.15, 0.2) is 0 Å². The first-order chi connectivity index (χ1) is 9.84. The van der Waals surface area contributed by atoms with Gasteiger partial charge in [0.05, 0.1) is 0 Å². The fourth-order valence-corrected chi connectivity index (χ4v) is 2.35. The average Bonchev–Trinajstić information content (AvgIpc) is 2.40. The second kappa shape index (κ2) is 5.77. The van der Waals surface area contributed by atoms with E-state index in [1.807, 2.05) is 13.8 Å². The lowest BCUT2D eigenvalue weighted by Gasteiger charge is -2.21. The molecule has 6 heteroatoms. The van der Waals surface area contributed by atoms with Crippen LogP contribution in [0.5, 0.6) is 5.88 Å². The molecule has 2 aromatic rings. The molecule has 0 spiro atoms. The molecular weight excluding hydrogens is 292 g/mol. The maximum atomic E-state index is 12.1. The van der Waals surface area contributed by atoms with Crippen molar-refractivity contribution in [2.24, 2.45) is 5.92 Å². The SMILES string of the molecule is CC(C)C(C)n1c(O)c(-c2ccccc2Cl)c(=O)[nH]c1=O. The Balaban J connectivity index is 2.81. The quantitative estimate of drug-likeness (QED) is 0.915. The van der Waals surface area contributed by atoms with Gasteiger partial charge in [-0.3, -0.25) is 14.3 Å². The van der Waals surface area contributed by atoms with E-state index in [1.54, 1.807) is 31.2 Å². The molecule has 1 heterocycles. The number of halogens is 1. The maximum absolute atomic E-state index is 12.1. The predicted octanol–water partition coefficient (Wildman–Crippen LogP) is 2.78. The van der Waals surface area contributed by atoms with Gasteiger partial charge in [0, 0.05) is 16.6 Å². The molecule has 1 unspecified atom stereocenters. The highest BCUT2D eigenvalue weighted by atomic mass is 35.5. The Morgan fingerprint density at radius 3 is 2.38 bits per heavy atom. The molecule has 0 aliphatic rings. The number of nitrogens with one attached hydrogen (secondary N) is 1. The highest BCUT2D eigenvalue weighted by molar-refractivity contribution is 6.33. The molecule has 0 saturated carbocycles. The molecule has 1 atom stereocenters. The molecular formula is C15H17ClN2O3. The van der Waals surface area contributed by atoms with E-state index in [4.69, 9.17) is 11.6 Å². The van der Waals surface area contributed by atoms with E-state index in [2.05, 4.69) is 4.98 Å². The number of nitrogens with zero attached hydrogens (tertiary/aromatic N) is 1. The van der Waals surface area contributed by atoms with Crippen LogP contribution in [0.25, 0.3) is 11.1 Å². The van der Waals surface area contributed by atoms with Crippen LogP contribution < -0.4 is 11.2 Å². The highest BCUT2D eigenvalue weighted by Gasteiger charge is 2.22. The van der Waals surface area contributed by atoms with E-state index < -0.39 is 11.2 Å². The van der Waals surface area contributed by atoms with Crippen LogP contribution in [0.15, 0.2) is 33.9 Å². The minimum atomic E-state index is -0.655. The van der Waals surface area contributed by atoms with Crippen molar-refractivity contribution >= 4 is 11.6 Å². The van der Waals surface area contributed by atoms with Crippen LogP contribution in [0, 0.1) is 5.92 Å². The minimum Gasteiger partial charge on any atom is -0.494 e. The molecule has 0 bridgehead atoms. The Morgan fingerprint density at radius 2 is 1.81 bits per heavy atom. The molecule has 5 nitrogen and oxygen atoms in total. The molecule has 0 aliphatic carbocycles. The van der Waals surface area contributed by atoms with Gasteiger partial charge < -0.3 is 5.11 Å². The van der Waals surface area contributed by atoms with Gasteiger partial charge in [0.1, 0.15) is 5.56 Å². The summed E-state index contributed by atoms with van der Waals surface area (Å²) in [5, 5.41) is 10.8. The van der Waals surface area contributed by atoms with Gasteiger partial charge in [0.2, 0.25) is 5.88 Å².